The van der Waals surface area contributed by atoms with E-state index in [1.165, 1.54) is 13.1 Å². The number of nitrogens with zero attached hydrogens (tertiary/aromatic N) is 1. The molecule has 0 aromatic heterocycles. The molecule has 0 atom stereocenters. The van der Waals surface area contributed by atoms with E-state index in [1.54, 1.807) is 13.0 Å². The topological polar surface area (TPSA) is 66.5 Å². The molecule has 1 saturated heterocycles. The third-order valence-electron chi connectivity index (χ3n) is 4.07. The number of piperidine rings is 1. The number of hydrogen-bond donors (Lipinski definition) is 1. The van der Waals surface area contributed by atoms with Crippen LogP contribution in [-0.2, 0) is 10.0 Å². The van der Waals surface area contributed by atoms with Gasteiger partial charge >= 0.3 is 0 Å². The third-order valence-corrected chi connectivity index (χ3v) is 5.61. The highest BCUT2D eigenvalue weighted by molar-refractivity contribution is 7.89. The number of nitrogens with one attached hydrogen (secondary N) is 1. The second kappa shape index (κ2) is 6.15. The van der Waals surface area contributed by atoms with Crippen LogP contribution in [0.2, 0.25) is 0 Å². The van der Waals surface area contributed by atoms with Gasteiger partial charge in [0.1, 0.15) is 0 Å². The van der Waals surface area contributed by atoms with Crippen LogP contribution < -0.4 is 4.72 Å². The first-order valence-electron chi connectivity index (χ1n) is 7.21. The molecule has 0 spiro atoms. The normalized spacial score (nSPS) is 16.0. The molecule has 1 aromatic rings. The summed E-state index contributed by atoms with van der Waals surface area (Å²) in [6.45, 7) is 5.09. The largest absolute Gasteiger partial charge is 0.339 e. The van der Waals surface area contributed by atoms with Crippen LogP contribution in [0.4, 0.5) is 0 Å². The highest BCUT2D eigenvalue weighted by Crippen LogP contribution is 2.23. The van der Waals surface area contributed by atoms with Crippen molar-refractivity contribution in [2.75, 3.05) is 20.1 Å². The molecule has 1 fully saturated rings. The van der Waals surface area contributed by atoms with E-state index in [2.05, 4.69) is 4.72 Å². The van der Waals surface area contributed by atoms with Crippen molar-refractivity contribution < 1.29 is 13.2 Å². The van der Waals surface area contributed by atoms with Gasteiger partial charge in [-0.1, -0.05) is 0 Å². The molecule has 0 aliphatic carbocycles. The molecule has 1 aliphatic heterocycles. The lowest BCUT2D eigenvalue weighted by atomic mass is 10.0. The minimum Gasteiger partial charge on any atom is -0.339 e. The van der Waals surface area contributed by atoms with Crippen LogP contribution in [0.1, 0.15) is 40.7 Å². The fourth-order valence-electron chi connectivity index (χ4n) is 2.62. The molecule has 0 unspecified atom stereocenters. The van der Waals surface area contributed by atoms with Crippen molar-refractivity contribution in [3.8, 4) is 0 Å². The molecule has 1 heterocycles. The number of carbonyl (C=O) groups is 1. The summed E-state index contributed by atoms with van der Waals surface area (Å²) in [6.07, 6.45) is 3.17. The summed E-state index contributed by atoms with van der Waals surface area (Å²) >= 11 is 0. The quantitative estimate of drug-likeness (QED) is 0.926. The first-order valence-corrected chi connectivity index (χ1v) is 8.69. The lowest BCUT2D eigenvalue weighted by Crippen LogP contribution is -2.35. The highest BCUT2D eigenvalue weighted by Gasteiger charge is 2.23. The Balaban J connectivity index is 2.43. The van der Waals surface area contributed by atoms with E-state index in [4.69, 9.17) is 0 Å². The van der Waals surface area contributed by atoms with Crippen molar-refractivity contribution in [1.82, 2.24) is 9.62 Å². The Bertz CT molecular complexity index is 647. The Morgan fingerprint density at radius 1 is 1.14 bits per heavy atom. The average Bonchev–Trinajstić information content (AvgIpc) is 2.49. The molecule has 1 N–H and O–H groups in total. The predicted molar refractivity (Wildman–Crippen MR) is 81.9 cm³/mol. The van der Waals surface area contributed by atoms with E-state index in [9.17, 15) is 13.2 Å². The zero-order chi connectivity index (χ0) is 15.6. The molecule has 116 valence electrons. The average molecular weight is 310 g/mol. The van der Waals surface area contributed by atoms with E-state index in [-0.39, 0.29) is 10.8 Å². The minimum atomic E-state index is -3.56. The van der Waals surface area contributed by atoms with Crippen molar-refractivity contribution in [1.29, 1.82) is 0 Å². The Hall–Kier alpha value is -1.40. The molecule has 2 rings (SSSR count). The highest BCUT2D eigenvalue weighted by atomic mass is 32.2. The van der Waals surface area contributed by atoms with Crippen LogP contribution in [0.15, 0.2) is 17.0 Å². The zero-order valence-electron chi connectivity index (χ0n) is 12.8. The summed E-state index contributed by atoms with van der Waals surface area (Å²) < 4.78 is 26.5. The van der Waals surface area contributed by atoms with Crippen molar-refractivity contribution >= 4 is 15.9 Å². The Morgan fingerprint density at radius 3 is 2.33 bits per heavy atom. The van der Waals surface area contributed by atoms with Gasteiger partial charge in [0.2, 0.25) is 10.0 Å². The molecule has 6 heteroatoms. The number of rotatable bonds is 3. The van der Waals surface area contributed by atoms with E-state index in [0.29, 0.717) is 11.1 Å². The first-order chi connectivity index (χ1) is 9.86. The summed E-state index contributed by atoms with van der Waals surface area (Å²) in [7, 11) is -2.18. The van der Waals surface area contributed by atoms with Crippen LogP contribution in [0, 0.1) is 13.8 Å². The van der Waals surface area contributed by atoms with E-state index in [1.807, 2.05) is 11.8 Å². The summed E-state index contributed by atoms with van der Waals surface area (Å²) in [5.41, 5.74) is 1.94. The molecule has 0 bridgehead atoms. The van der Waals surface area contributed by atoms with Crippen LogP contribution in [0.25, 0.3) is 0 Å². The number of carbonyl (C=O) groups excluding carboxylic acids is 1. The van der Waals surface area contributed by atoms with Crippen LogP contribution in [-0.4, -0.2) is 39.4 Å². The third kappa shape index (κ3) is 3.27. The van der Waals surface area contributed by atoms with Crippen LogP contribution in [0.3, 0.4) is 0 Å². The van der Waals surface area contributed by atoms with E-state index in [0.717, 1.165) is 37.9 Å². The van der Waals surface area contributed by atoms with Gasteiger partial charge in [0.15, 0.2) is 0 Å². The number of benzene rings is 1. The van der Waals surface area contributed by atoms with Crippen molar-refractivity contribution in [3.63, 3.8) is 0 Å². The molecule has 0 saturated carbocycles. The smallest absolute Gasteiger partial charge is 0.253 e. The second-order valence-corrected chi connectivity index (χ2v) is 7.33. The maximum Gasteiger partial charge on any atom is 0.253 e. The lowest BCUT2D eigenvalue weighted by Gasteiger charge is -2.27. The fourth-order valence-corrected chi connectivity index (χ4v) is 3.69. The number of sulfonamides is 1. The number of hydrogen-bond acceptors (Lipinski definition) is 3. The monoisotopic (exact) mass is 310 g/mol. The Kier molecular flexibility index (Phi) is 4.68. The molecular formula is C15H22N2O3S. The van der Waals surface area contributed by atoms with Gasteiger partial charge in [-0.15, -0.1) is 0 Å². The lowest BCUT2D eigenvalue weighted by molar-refractivity contribution is 0.0724. The fraction of sp³-hybridized carbons (Fsp3) is 0.533. The molecule has 21 heavy (non-hydrogen) atoms. The van der Waals surface area contributed by atoms with Gasteiger partial charge in [-0.3, -0.25) is 4.79 Å². The molecular weight excluding hydrogens is 288 g/mol. The van der Waals surface area contributed by atoms with Gasteiger partial charge in [0.05, 0.1) is 4.90 Å². The van der Waals surface area contributed by atoms with Crippen LogP contribution >= 0.6 is 0 Å². The second-order valence-electron chi connectivity index (χ2n) is 5.48. The standard InChI is InChI=1S/C15H22N2O3S/c1-11-9-13(15(18)17-7-5-4-6-8-17)10-14(12(11)2)21(19,20)16-3/h9-10,16H,4-8H2,1-3H3. The summed E-state index contributed by atoms with van der Waals surface area (Å²) in [4.78, 5) is 14.5. The van der Waals surface area contributed by atoms with Crippen LogP contribution in [0.5, 0.6) is 0 Å². The minimum absolute atomic E-state index is 0.0784. The predicted octanol–water partition coefficient (Wildman–Crippen LogP) is 1.84. The van der Waals surface area contributed by atoms with Gasteiger partial charge in [-0.25, -0.2) is 13.1 Å². The number of likely N-dealkylation sites (tertiary alicyclic amines) is 1. The maximum absolute atomic E-state index is 12.5. The Labute approximate surface area is 126 Å². The molecule has 5 nitrogen and oxygen atoms in total. The van der Waals surface area contributed by atoms with E-state index < -0.39 is 10.0 Å². The molecule has 1 aliphatic rings. The zero-order valence-corrected chi connectivity index (χ0v) is 13.6. The van der Waals surface area contributed by atoms with Crippen molar-refractivity contribution in [2.24, 2.45) is 0 Å². The molecule has 1 aromatic carbocycles. The van der Waals surface area contributed by atoms with Crippen molar-refractivity contribution in [2.45, 2.75) is 38.0 Å². The summed E-state index contributed by atoms with van der Waals surface area (Å²) in [5, 5.41) is 0. The first kappa shape index (κ1) is 16.0. The van der Waals surface area contributed by atoms with E-state index >= 15 is 0 Å². The van der Waals surface area contributed by atoms with Crippen molar-refractivity contribution in [3.05, 3.63) is 28.8 Å². The number of aryl methyl sites for hydroxylation is 1. The SMILES string of the molecule is CNS(=O)(=O)c1cc(C(=O)N2CCCCC2)cc(C)c1C. The van der Waals surface area contributed by atoms with Gasteiger partial charge in [0, 0.05) is 18.7 Å². The van der Waals surface area contributed by atoms with Gasteiger partial charge < -0.3 is 4.90 Å². The molecule has 0 radical (unpaired) electrons. The summed E-state index contributed by atoms with van der Waals surface area (Å²) in [5.74, 6) is -0.0784. The van der Waals surface area contributed by atoms with Gasteiger partial charge in [-0.05, 0) is 63.4 Å². The Morgan fingerprint density at radius 2 is 1.76 bits per heavy atom. The maximum atomic E-state index is 12.5. The van der Waals surface area contributed by atoms with Gasteiger partial charge in [-0.2, -0.15) is 0 Å². The summed E-state index contributed by atoms with van der Waals surface area (Å²) in [6, 6.07) is 3.27. The molecule has 1 amide bonds. The van der Waals surface area contributed by atoms with Gasteiger partial charge in [0.25, 0.3) is 5.91 Å². The number of amides is 1.